The van der Waals surface area contributed by atoms with E-state index in [9.17, 15) is 5.73 Å². The zero-order chi connectivity index (χ0) is 7.71. The fraction of sp³-hybridized carbons (Fsp3) is 1.00. The second kappa shape index (κ2) is 2.30. The van der Waals surface area contributed by atoms with Gasteiger partial charge in [0.25, 0.3) is 0 Å². The average molecular weight is 127 g/mol. The van der Waals surface area contributed by atoms with E-state index in [4.69, 9.17) is 0 Å². The number of nitrogens with zero attached hydrogens (tertiary/aromatic N) is 1. The van der Waals surface area contributed by atoms with Gasteiger partial charge in [-0.05, 0) is 25.7 Å². The Morgan fingerprint density at radius 3 is 1.33 bits per heavy atom. The predicted octanol–water partition coefficient (Wildman–Crippen LogP) is 2.27. The van der Waals surface area contributed by atoms with Crippen molar-refractivity contribution >= 4 is 0 Å². The van der Waals surface area contributed by atoms with Gasteiger partial charge >= 0.3 is 0 Å². The minimum atomic E-state index is -0.516. The Hall–Kier alpha value is -0.0400. The summed E-state index contributed by atoms with van der Waals surface area (Å²) in [6, 6.07) is 0. The van der Waals surface area contributed by atoms with Crippen molar-refractivity contribution in [1.82, 2.24) is 5.73 Å². The molecule has 0 rings (SSSR count). The Balaban J connectivity index is 3.75. The van der Waals surface area contributed by atoms with Gasteiger partial charge in [-0.15, -0.1) is 5.73 Å². The van der Waals surface area contributed by atoms with Crippen molar-refractivity contribution in [2.75, 3.05) is 0 Å². The van der Waals surface area contributed by atoms with Gasteiger partial charge < -0.3 is 0 Å². The molecule has 0 atom stereocenters. The second-order valence-corrected chi connectivity index (χ2v) is 4.55. The third-order valence-electron chi connectivity index (χ3n) is 0.963. The molecule has 2 radical (unpaired) electrons. The first-order valence-corrected chi connectivity index (χ1v) is 3.43. The lowest BCUT2D eigenvalue weighted by Gasteiger charge is -2.26. The molecule has 0 aromatic carbocycles. The Labute approximate surface area is 58.6 Å². The highest BCUT2D eigenvalue weighted by molar-refractivity contribution is 4.78. The lowest BCUT2D eigenvalue weighted by Crippen LogP contribution is -2.27. The lowest BCUT2D eigenvalue weighted by atomic mass is 9.82. The molecule has 0 fully saturated rings. The molecule has 0 aliphatic heterocycles. The van der Waals surface area contributed by atoms with Crippen LogP contribution in [0.2, 0.25) is 0 Å². The average Bonchev–Trinajstić information content (AvgIpc) is 1.14. The summed E-state index contributed by atoms with van der Waals surface area (Å²) in [5, 5.41) is 0. The normalized spacial score (nSPS) is 14.0. The molecule has 0 unspecified atom stereocenters. The van der Waals surface area contributed by atoms with Gasteiger partial charge in [-0.3, -0.25) is 0 Å². The van der Waals surface area contributed by atoms with Crippen LogP contribution in [-0.2, 0) is 0 Å². The molecule has 0 aliphatic rings. The van der Waals surface area contributed by atoms with E-state index in [2.05, 4.69) is 20.8 Å². The number of hydrogen-bond acceptors (Lipinski definition) is 0. The highest BCUT2D eigenvalue weighted by Gasteiger charge is 2.22. The van der Waals surface area contributed by atoms with Gasteiger partial charge in [-0.25, -0.2) is 0 Å². The highest BCUT2D eigenvalue weighted by atomic mass is 14.7. The quantitative estimate of drug-likeness (QED) is 0.515. The Bertz CT molecular complexity index is 69.7. The van der Waals surface area contributed by atoms with Gasteiger partial charge in [0.05, 0.1) is 0 Å². The molecule has 0 aliphatic carbocycles. The molecule has 0 N–H and O–H groups in total. The first-order chi connectivity index (χ1) is 3.71. The summed E-state index contributed by atoms with van der Waals surface area (Å²) in [7, 11) is 0. The summed E-state index contributed by atoms with van der Waals surface area (Å²) in [5.74, 6) is 0. The molecule has 0 bridgehead atoms. The molecule has 0 saturated carbocycles. The minimum Gasteiger partial charge on any atom is -0.138 e. The molecule has 9 heavy (non-hydrogen) atoms. The molecule has 0 aromatic rings. The summed E-state index contributed by atoms with van der Waals surface area (Å²) in [6.07, 6.45) is 0.847. The minimum absolute atomic E-state index is 0.234. The van der Waals surface area contributed by atoms with Crippen LogP contribution in [0.1, 0.15) is 41.0 Å². The van der Waals surface area contributed by atoms with Crippen LogP contribution in [0.4, 0.5) is 0 Å². The number of rotatable bonds is 1. The van der Waals surface area contributed by atoms with E-state index in [-0.39, 0.29) is 5.41 Å². The van der Waals surface area contributed by atoms with Crippen LogP contribution in [0.5, 0.6) is 0 Å². The van der Waals surface area contributed by atoms with Crippen LogP contribution in [-0.4, -0.2) is 5.54 Å². The Morgan fingerprint density at radius 2 is 1.33 bits per heavy atom. The van der Waals surface area contributed by atoms with Crippen molar-refractivity contribution in [3.05, 3.63) is 0 Å². The van der Waals surface area contributed by atoms with Crippen LogP contribution in [0.3, 0.4) is 0 Å². The molecule has 0 saturated heterocycles. The summed E-state index contributed by atoms with van der Waals surface area (Å²) in [5.41, 5.74) is 9.07. The molecular weight excluding hydrogens is 110 g/mol. The van der Waals surface area contributed by atoms with Gasteiger partial charge in [0, 0.05) is 5.54 Å². The fourth-order valence-corrected chi connectivity index (χ4v) is 1.30. The summed E-state index contributed by atoms with van der Waals surface area (Å²) in [4.78, 5) is 0. The first kappa shape index (κ1) is 8.96. The molecule has 0 amide bonds. The van der Waals surface area contributed by atoms with Crippen molar-refractivity contribution in [3.8, 4) is 0 Å². The van der Waals surface area contributed by atoms with Crippen LogP contribution >= 0.6 is 0 Å². The monoisotopic (exact) mass is 127 g/mol. The van der Waals surface area contributed by atoms with Crippen LogP contribution in [0.25, 0.3) is 0 Å². The SMILES string of the molecule is CC(C)(C)CC(C)(C)[N]. The lowest BCUT2D eigenvalue weighted by molar-refractivity contribution is 0.280. The maximum absolute atomic E-state index is 9.35. The van der Waals surface area contributed by atoms with E-state index < -0.39 is 5.54 Å². The van der Waals surface area contributed by atoms with E-state index in [1.54, 1.807) is 0 Å². The summed E-state index contributed by atoms with van der Waals surface area (Å²) < 4.78 is 0. The number of hydrogen-bond donors (Lipinski definition) is 0. The largest absolute Gasteiger partial charge is 0.138 e. The fourth-order valence-electron chi connectivity index (χ4n) is 1.30. The molecule has 1 nitrogen and oxygen atoms in total. The van der Waals surface area contributed by atoms with Crippen LogP contribution in [0.15, 0.2) is 0 Å². The molecule has 0 spiro atoms. The van der Waals surface area contributed by atoms with E-state index in [0.29, 0.717) is 0 Å². The maximum atomic E-state index is 9.35. The Morgan fingerprint density at radius 1 is 1.00 bits per heavy atom. The zero-order valence-corrected chi connectivity index (χ0v) is 7.15. The summed E-state index contributed by atoms with van der Waals surface area (Å²) >= 11 is 0. The van der Waals surface area contributed by atoms with Crippen LogP contribution in [0, 0.1) is 5.41 Å². The molecule has 0 heterocycles. The van der Waals surface area contributed by atoms with Crippen molar-refractivity contribution in [3.63, 3.8) is 0 Å². The van der Waals surface area contributed by atoms with Crippen molar-refractivity contribution in [1.29, 1.82) is 0 Å². The highest BCUT2D eigenvalue weighted by Crippen LogP contribution is 2.25. The summed E-state index contributed by atoms with van der Waals surface area (Å²) in [6.45, 7) is 10.1. The third-order valence-corrected chi connectivity index (χ3v) is 0.963. The molecular formula is C8H17N. The van der Waals surface area contributed by atoms with Gasteiger partial charge in [0.1, 0.15) is 0 Å². The second-order valence-electron chi connectivity index (χ2n) is 4.55. The van der Waals surface area contributed by atoms with Gasteiger partial charge in [-0.1, -0.05) is 20.8 Å². The standard InChI is InChI=1S/C8H17N/c1-7(2,3)6-8(4,5)9/h6H2,1-5H3. The van der Waals surface area contributed by atoms with Crippen molar-refractivity contribution in [2.45, 2.75) is 46.6 Å². The van der Waals surface area contributed by atoms with Gasteiger partial charge in [0.2, 0.25) is 0 Å². The van der Waals surface area contributed by atoms with Crippen molar-refractivity contribution < 1.29 is 0 Å². The first-order valence-electron chi connectivity index (χ1n) is 3.43. The molecule has 1 heteroatoms. The topological polar surface area (TPSA) is 22.3 Å². The molecule has 0 aromatic heterocycles. The van der Waals surface area contributed by atoms with Gasteiger partial charge in [-0.2, -0.15) is 0 Å². The van der Waals surface area contributed by atoms with E-state index in [1.807, 2.05) is 13.8 Å². The smallest absolute Gasteiger partial charge is 0.0492 e. The molecule has 54 valence electrons. The van der Waals surface area contributed by atoms with E-state index in [1.165, 1.54) is 0 Å². The van der Waals surface area contributed by atoms with E-state index >= 15 is 0 Å². The van der Waals surface area contributed by atoms with Gasteiger partial charge in [0.15, 0.2) is 0 Å². The van der Waals surface area contributed by atoms with Crippen molar-refractivity contribution in [2.24, 2.45) is 5.41 Å². The van der Waals surface area contributed by atoms with Crippen LogP contribution < -0.4 is 5.73 Å². The zero-order valence-electron chi connectivity index (χ0n) is 7.15. The Kier molecular flexibility index (Phi) is 2.29. The third kappa shape index (κ3) is 7.96. The predicted molar refractivity (Wildman–Crippen MR) is 40.3 cm³/mol. The maximum Gasteiger partial charge on any atom is 0.0492 e. The van der Waals surface area contributed by atoms with E-state index in [0.717, 1.165) is 6.42 Å².